The Balaban J connectivity index is 1.28. The van der Waals surface area contributed by atoms with Crippen molar-refractivity contribution in [3.05, 3.63) is 83.9 Å². The average Bonchev–Trinajstić information content (AvgIpc) is 3.09. The number of carbonyl (C=O) groups is 2. The first-order valence-corrected chi connectivity index (χ1v) is 16.5. The Labute approximate surface area is 272 Å². The molecule has 0 saturated heterocycles. The van der Waals surface area contributed by atoms with Crippen LogP contribution in [0.5, 0.6) is 17.2 Å². The van der Waals surface area contributed by atoms with E-state index in [0.29, 0.717) is 36.6 Å². The number of ether oxygens (including phenoxy) is 2. The predicted octanol–water partition coefficient (Wildman–Crippen LogP) is 6.21. The van der Waals surface area contributed by atoms with Gasteiger partial charge in [0.15, 0.2) is 0 Å². The van der Waals surface area contributed by atoms with Crippen LogP contribution in [0.2, 0.25) is 0 Å². The maximum atomic E-state index is 13.6. The number of amides is 3. The number of nitrogens with one attached hydrogen (secondary N) is 2. The molecule has 0 bridgehead atoms. The zero-order valence-electron chi connectivity index (χ0n) is 27.3. The number of aliphatic hydroxyl groups is 1. The number of likely N-dealkylation sites (N-methyl/N-ethyl adjacent to an activating group) is 1. The Hall–Kier alpha value is -4.08. The molecule has 3 atom stereocenters. The van der Waals surface area contributed by atoms with E-state index in [1.54, 1.807) is 4.90 Å². The number of rotatable bonds is 10. The smallest absolute Gasteiger partial charge is 0.319 e. The molecule has 1 saturated carbocycles. The molecule has 9 nitrogen and oxygen atoms in total. The van der Waals surface area contributed by atoms with Crippen LogP contribution in [0.3, 0.4) is 0 Å². The second kappa shape index (κ2) is 16.0. The molecule has 1 fully saturated rings. The molecular weight excluding hydrogens is 580 g/mol. The zero-order valence-corrected chi connectivity index (χ0v) is 27.3. The Bertz CT molecular complexity index is 1430. The number of hydrogen-bond donors (Lipinski definition) is 3. The second-order valence-corrected chi connectivity index (χ2v) is 12.9. The van der Waals surface area contributed by atoms with Crippen molar-refractivity contribution < 1.29 is 24.2 Å². The minimum atomic E-state index is -0.325. The lowest BCUT2D eigenvalue weighted by molar-refractivity contribution is -0.134. The first-order valence-electron chi connectivity index (χ1n) is 16.5. The lowest BCUT2D eigenvalue weighted by Gasteiger charge is -2.34. The molecule has 9 heteroatoms. The predicted molar refractivity (Wildman–Crippen MR) is 180 cm³/mol. The summed E-state index contributed by atoms with van der Waals surface area (Å²) in [6.07, 6.45) is 5.39. The van der Waals surface area contributed by atoms with E-state index in [0.717, 1.165) is 42.7 Å². The van der Waals surface area contributed by atoms with Crippen molar-refractivity contribution in [2.45, 2.75) is 77.1 Å². The van der Waals surface area contributed by atoms with Gasteiger partial charge in [0, 0.05) is 42.8 Å². The maximum absolute atomic E-state index is 13.6. The summed E-state index contributed by atoms with van der Waals surface area (Å²) in [5, 5.41) is 16.0. The topological polar surface area (TPSA) is 103 Å². The summed E-state index contributed by atoms with van der Waals surface area (Å²) >= 11 is 0. The lowest BCUT2D eigenvalue weighted by atomic mass is 9.96. The number of benzene rings is 3. The van der Waals surface area contributed by atoms with Crippen molar-refractivity contribution in [3.63, 3.8) is 0 Å². The molecule has 246 valence electrons. The van der Waals surface area contributed by atoms with Crippen LogP contribution in [-0.2, 0) is 17.8 Å². The molecule has 3 N–H and O–H groups in total. The van der Waals surface area contributed by atoms with Gasteiger partial charge in [-0.25, -0.2) is 4.79 Å². The number of aliphatic hydroxyl groups excluding tert-OH is 1. The van der Waals surface area contributed by atoms with E-state index in [1.807, 2.05) is 67.6 Å². The summed E-state index contributed by atoms with van der Waals surface area (Å²) in [6.45, 7) is 5.64. The molecule has 3 aromatic rings. The van der Waals surface area contributed by atoms with Crippen molar-refractivity contribution in [1.29, 1.82) is 0 Å². The summed E-state index contributed by atoms with van der Waals surface area (Å²) in [7, 11) is 2.06. The van der Waals surface area contributed by atoms with Crippen LogP contribution in [0.1, 0.15) is 57.1 Å². The molecular formula is C37H48N4O5. The highest BCUT2D eigenvalue weighted by molar-refractivity contribution is 5.90. The Morgan fingerprint density at radius 1 is 1.04 bits per heavy atom. The molecule has 2 aliphatic rings. The molecule has 1 heterocycles. The highest BCUT2D eigenvalue weighted by atomic mass is 16.5. The molecule has 46 heavy (non-hydrogen) atoms. The highest BCUT2D eigenvalue weighted by Gasteiger charge is 2.31. The zero-order chi connectivity index (χ0) is 32.5. The average molecular weight is 629 g/mol. The van der Waals surface area contributed by atoms with Gasteiger partial charge in [0.2, 0.25) is 5.91 Å². The SMILES string of the molecule is C[C@H](CO)N1C[C@H](C)[C@@H](CN(C)Cc2ccc(Oc3ccccc3)cc2)Oc2ccc(NC(=O)NC3CCCCC3)cc2CC1=O. The fourth-order valence-corrected chi connectivity index (χ4v) is 6.30. The fourth-order valence-electron chi connectivity index (χ4n) is 6.30. The van der Waals surface area contributed by atoms with Crippen molar-refractivity contribution in [2.75, 3.05) is 32.1 Å². The van der Waals surface area contributed by atoms with Gasteiger partial charge in [0.05, 0.1) is 19.1 Å². The molecule has 3 amide bonds. The van der Waals surface area contributed by atoms with E-state index in [4.69, 9.17) is 9.47 Å². The van der Waals surface area contributed by atoms with Crippen molar-refractivity contribution in [1.82, 2.24) is 15.1 Å². The fraction of sp³-hybridized carbons (Fsp3) is 0.459. The molecule has 0 aromatic heterocycles. The standard InChI is InChI=1S/C37H48N4O5/c1-26-22-41(27(2)25-42)36(43)21-29-20-31(39-37(44)38-30-10-6-4-7-11-30)16-19-34(29)46-35(26)24-40(3)23-28-14-17-33(18-15-28)45-32-12-8-5-9-13-32/h5,8-9,12-20,26-27,30,35,42H,4,6-7,10-11,21-25H2,1-3H3,(H2,38,39,44)/t26-,27+,35+/m0/s1. The number of urea groups is 1. The molecule has 0 spiro atoms. The monoisotopic (exact) mass is 628 g/mol. The van der Waals surface area contributed by atoms with E-state index < -0.39 is 0 Å². The summed E-state index contributed by atoms with van der Waals surface area (Å²) < 4.78 is 12.6. The van der Waals surface area contributed by atoms with Crippen LogP contribution in [0.25, 0.3) is 0 Å². The van der Waals surface area contributed by atoms with Gasteiger partial charge < -0.3 is 30.1 Å². The van der Waals surface area contributed by atoms with Crippen molar-refractivity contribution in [3.8, 4) is 17.2 Å². The summed E-state index contributed by atoms with van der Waals surface area (Å²) in [4.78, 5) is 30.3. The van der Waals surface area contributed by atoms with Gasteiger partial charge in [-0.15, -0.1) is 0 Å². The number of para-hydroxylation sites is 1. The first kappa shape index (κ1) is 33.3. The normalized spacial score (nSPS) is 19.7. The third-order valence-corrected chi connectivity index (χ3v) is 8.96. The first-order chi connectivity index (χ1) is 22.3. The largest absolute Gasteiger partial charge is 0.488 e. The lowest BCUT2D eigenvalue weighted by Crippen LogP contribution is -2.47. The van der Waals surface area contributed by atoms with Crippen LogP contribution in [0.15, 0.2) is 72.8 Å². The van der Waals surface area contributed by atoms with E-state index in [1.165, 1.54) is 6.42 Å². The number of anilines is 1. The van der Waals surface area contributed by atoms with Gasteiger partial charge in [-0.1, -0.05) is 56.5 Å². The van der Waals surface area contributed by atoms with Crippen LogP contribution in [0.4, 0.5) is 10.5 Å². The minimum absolute atomic E-state index is 0.00734. The van der Waals surface area contributed by atoms with Gasteiger partial charge in [-0.05, 0) is 74.8 Å². The third-order valence-electron chi connectivity index (χ3n) is 8.96. The van der Waals surface area contributed by atoms with Crippen LogP contribution < -0.4 is 20.1 Å². The highest BCUT2D eigenvalue weighted by Crippen LogP contribution is 2.30. The number of hydrogen-bond acceptors (Lipinski definition) is 6. The maximum Gasteiger partial charge on any atom is 0.319 e. The Kier molecular flexibility index (Phi) is 11.5. The van der Waals surface area contributed by atoms with Gasteiger partial charge >= 0.3 is 6.03 Å². The summed E-state index contributed by atoms with van der Waals surface area (Å²) in [5.74, 6) is 2.14. The van der Waals surface area contributed by atoms with E-state index in [2.05, 4.69) is 41.6 Å². The second-order valence-electron chi connectivity index (χ2n) is 12.9. The van der Waals surface area contributed by atoms with E-state index in [9.17, 15) is 14.7 Å². The van der Waals surface area contributed by atoms with Gasteiger partial charge in [0.25, 0.3) is 0 Å². The summed E-state index contributed by atoms with van der Waals surface area (Å²) in [5.41, 5.74) is 2.48. The minimum Gasteiger partial charge on any atom is -0.488 e. The number of carbonyl (C=O) groups excluding carboxylic acids is 2. The number of fused-ring (bicyclic) bond motifs is 1. The molecule has 1 aliphatic heterocycles. The molecule has 3 aromatic carbocycles. The Morgan fingerprint density at radius 3 is 2.48 bits per heavy atom. The molecule has 1 aliphatic carbocycles. The van der Waals surface area contributed by atoms with Crippen LogP contribution >= 0.6 is 0 Å². The molecule has 0 radical (unpaired) electrons. The van der Waals surface area contributed by atoms with Crippen LogP contribution in [0, 0.1) is 5.92 Å². The van der Waals surface area contributed by atoms with Crippen LogP contribution in [-0.4, -0.2) is 71.8 Å². The summed E-state index contributed by atoms with van der Waals surface area (Å²) in [6, 6.07) is 23.0. The molecule has 0 unspecified atom stereocenters. The van der Waals surface area contributed by atoms with Gasteiger partial charge in [-0.3, -0.25) is 9.69 Å². The van der Waals surface area contributed by atoms with Gasteiger partial charge in [-0.2, -0.15) is 0 Å². The van der Waals surface area contributed by atoms with Crippen molar-refractivity contribution >= 4 is 17.6 Å². The van der Waals surface area contributed by atoms with Gasteiger partial charge in [0.1, 0.15) is 23.4 Å². The van der Waals surface area contributed by atoms with E-state index >= 15 is 0 Å². The third kappa shape index (κ3) is 9.23. The molecule has 5 rings (SSSR count). The van der Waals surface area contributed by atoms with E-state index in [-0.39, 0.29) is 49.1 Å². The number of nitrogens with zero attached hydrogens (tertiary/aromatic N) is 2. The Morgan fingerprint density at radius 2 is 1.76 bits per heavy atom. The quantitative estimate of drug-likeness (QED) is 0.247. The van der Waals surface area contributed by atoms with Crippen molar-refractivity contribution in [2.24, 2.45) is 5.92 Å².